The topological polar surface area (TPSA) is 26.0 Å². The van der Waals surface area contributed by atoms with Crippen LogP contribution in [-0.2, 0) is 6.67 Å². The number of hydrogen-bond acceptors (Lipinski definition) is 3. The third kappa shape index (κ3) is 2.52. The van der Waals surface area contributed by atoms with Gasteiger partial charge in [0, 0.05) is 18.6 Å². The highest BCUT2D eigenvalue weighted by Gasteiger charge is 2.29. The van der Waals surface area contributed by atoms with Crippen LogP contribution in [0.1, 0.15) is 49.2 Å². The van der Waals surface area contributed by atoms with E-state index in [9.17, 15) is 0 Å². The molecule has 0 N–H and O–H groups in total. The van der Waals surface area contributed by atoms with E-state index in [-0.39, 0.29) is 0 Å². The fourth-order valence-corrected chi connectivity index (χ4v) is 3.97. The smallest absolute Gasteiger partial charge is 0.199 e. The highest BCUT2D eigenvalue weighted by molar-refractivity contribution is 7.71. The molecule has 116 valence electrons. The Morgan fingerprint density at radius 2 is 1.95 bits per heavy atom. The van der Waals surface area contributed by atoms with Gasteiger partial charge in [-0.25, -0.2) is 4.68 Å². The van der Waals surface area contributed by atoms with Gasteiger partial charge in [0.2, 0.25) is 0 Å². The maximum absolute atomic E-state index is 5.66. The van der Waals surface area contributed by atoms with Crippen molar-refractivity contribution in [1.82, 2.24) is 19.2 Å². The Morgan fingerprint density at radius 3 is 2.68 bits per heavy atom. The van der Waals surface area contributed by atoms with Crippen LogP contribution in [0.4, 0.5) is 0 Å². The van der Waals surface area contributed by atoms with E-state index in [0.717, 1.165) is 23.8 Å². The quantitative estimate of drug-likeness (QED) is 0.802. The van der Waals surface area contributed by atoms with E-state index < -0.39 is 0 Å². The van der Waals surface area contributed by atoms with Crippen LogP contribution in [0.25, 0.3) is 0 Å². The van der Waals surface area contributed by atoms with E-state index in [1.165, 1.54) is 31.2 Å². The molecule has 0 spiro atoms. The average Bonchev–Trinajstić information content (AvgIpc) is 3.18. The van der Waals surface area contributed by atoms with Crippen LogP contribution in [0.15, 0.2) is 30.3 Å². The molecule has 5 heteroatoms. The molecule has 2 heterocycles. The number of hydrogen-bond donors (Lipinski definition) is 0. The van der Waals surface area contributed by atoms with Crippen LogP contribution in [0.5, 0.6) is 0 Å². The van der Waals surface area contributed by atoms with Gasteiger partial charge in [-0.1, -0.05) is 30.3 Å². The number of aryl methyl sites for hydroxylation is 1. The molecule has 1 aliphatic heterocycles. The Balaban J connectivity index is 1.58. The second kappa shape index (κ2) is 5.63. The zero-order valence-electron chi connectivity index (χ0n) is 13.0. The Morgan fingerprint density at radius 1 is 1.18 bits per heavy atom. The minimum atomic E-state index is 0.495. The van der Waals surface area contributed by atoms with Gasteiger partial charge in [0.15, 0.2) is 4.77 Å². The number of nitrogens with zero attached hydrogens (tertiary/aromatic N) is 4. The SMILES string of the molecule is Cc1nn(CN2CCC[C@H]2c2ccccc2)c(=S)n1C1CC1. The van der Waals surface area contributed by atoms with Crippen molar-refractivity contribution in [2.24, 2.45) is 0 Å². The molecule has 1 aromatic carbocycles. The third-order valence-corrected chi connectivity index (χ3v) is 5.22. The maximum Gasteiger partial charge on any atom is 0.199 e. The van der Waals surface area contributed by atoms with Crippen molar-refractivity contribution in [2.45, 2.75) is 51.4 Å². The van der Waals surface area contributed by atoms with Gasteiger partial charge in [-0.15, -0.1) is 0 Å². The van der Waals surface area contributed by atoms with Gasteiger partial charge in [-0.05, 0) is 50.4 Å². The van der Waals surface area contributed by atoms with Gasteiger partial charge in [0.1, 0.15) is 5.82 Å². The molecule has 0 bridgehead atoms. The molecule has 22 heavy (non-hydrogen) atoms. The number of aromatic nitrogens is 3. The summed E-state index contributed by atoms with van der Waals surface area (Å²) in [4.78, 5) is 2.51. The standard InChI is InChI=1S/C17H22N4S/c1-13-18-20(17(22)21(13)15-9-10-15)12-19-11-5-8-16(19)14-6-3-2-4-7-14/h2-4,6-7,15-16H,5,8-12H2,1H3/t16-/m0/s1. The molecule has 0 amide bonds. The molecule has 1 aromatic heterocycles. The number of likely N-dealkylation sites (tertiary alicyclic amines) is 1. The van der Waals surface area contributed by atoms with Crippen molar-refractivity contribution >= 4 is 12.2 Å². The van der Waals surface area contributed by atoms with Crippen LogP contribution in [0.3, 0.4) is 0 Å². The van der Waals surface area contributed by atoms with Crippen LogP contribution in [0, 0.1) is 11.7 Å². The van der Waals surface area contributed by atoms with E-state index in [4.69, 9.17) is 17.3 Å². The average molecular weight is 314 g/mol. The lowest BCUT2D eigenvalue weighted by atomic mass is 10.1. The molecule has 2 fully saturated rings. The molecule has 1 atom stereocenters. The first-order valence-corrected chi connectivity index (χ1v) is 8.60. The van der Waals surface area contributed by atoms with Crippen LogP contribution < -0.4 is 0 Å². The normalized spacial score (nSPS) is 22.3. The van der Waals surface area contributed by atoms with Gasteiger partial charge >= 0.3 is 0 Å². The Labute approximate surface area is 136 Å². The second-order valence-electron chi connectivity index (χ2n) is 6.45. The van der Waals surface area contributed by atoms with Crippen molar-refractivity contribution in [1.29, 1.82) is 0 Å². The summed E-state index contributed by atoms with van der Waals surface area (Å²) in [5.41, 5.74) is 1.41. The van der Waals surface area contributed by atoms with E-state index >= 15 is 0 Å². The molecule has 1 aliphatic carbocycles. The van der Waals surface area contributed by atoms with Gasteiger partial charge in [0.05, 0.1) is 6.67 Å². The highest BCUT2D eigenvalue weighted by atomic mass is 32.1. The fourth-order valence-electron chi connectivity index (χ4n) is 3.59. The Bertz CT molecular complexity index is 714. The van der Waals surface area contributed by atoms with Gasteiger partial charge in [-0.2, -0.15) is 5.10 Å². The minimum absolute atomic E-state index is 0.495. The lowest BCUT2D eigenvalue weighted by Gasteiger charge is -2.24. The lowest BCUT2D eigenvalue weighted by molar-refractivity contribution is 0.189. The van der Waals surface area contributed by atoms with E-state index in [1.54, 1.807) is 0 Å². The molecule has 0 radical (unpaired) electrons. The summed E-state index contributed by atoms with van der Waals surface area (Å²) in [5.74, 6) is 1.06. The predicted molar refractivity (Wildman–Crippen MR) is 89.2 cm³/mol. The van der Waals surface area contributed by atoms with Crippen LogP contribution >= 0.6 is 12.2 Å². The largest absolute Gasteiger partial charge is 0.301 e. The summed E-state index contributed by atoms with van der Waals surface area (Å²) in [5, 5.41) is 4.70. The van der Waals surface area contributed by atoms with Crippen molar-refractivity contribution in [2.75, 3.05) is 6.54 Å². The molecular formula is C17H22N4S. The Hall–Kier alpha value is -1.46. The van der Waals surface area contributed by atoms with Gasteiger partial charge in [0.25, 0.3) is 0 Å². The fraction of sp³-hybridized carbons (Fsp3) is 0.529. The molecular weight excluding hydrogens is 292 g/mol. The summed E-state index contributed by atoms with van der Waals surface area (Å²) in [6.45, 7) is 4.00. The maximum atomic E-state index is 5.66. The highest BCUT2D eigenvalue weighted by Crippen LogP contribution is 2.36. The van der Waals surface area contributed by atoms with E-state index in [0.29, 0.717) is 12.1 Å². The first kappa shape index (κ1) is 14.2. The van der Waals surface area contributed by atoms with Gasteiger partial charge < -0.3 is 4.57 Å². The molecule has 1 saturated heterocycles. The minimum Gasteiger partial charge on any atom is -0.301 e. The molecule has 2 aliphatic rings. The third-order valence-electron chi connectivity index (χ3n) is 4.82. The summed E-state index contributed by atoms with van der Waals surface area (Å²) < 4.78 is 5.14. The van der Waals surface area contributed by atoms with Crippen molar-refractivity contribution in [3.63, 3.8) is 0 Å². The first-order valence-electron chi connectivity index (χ1n) is 8.19. The van der Waals surface area contributed by atoms with Crippen LogP contribution in [-0.4, -0.2) is 25.8 Å². The molecule has 4 nitrogen and oxygen atoms in total. The molecule has 2 aromatic rings. The summed E-state index contributed by atoms with van der Waals surface area (Å²) >= 11 is 5.66. The van der Waals surface area contributed by atoms with Crippen LogP contribution in [0.2, 0.25) is 0 Å². The summed E-state index contributed by atoms with van der Waals surface area (Å²) in [6, 6.07) is 11.9. The monoisotopic (exact) mass is 314 g/mol. The lowest BCUT2D eigenvalue weighted by Crippen LogP contribution is -2.27. The van der Waals surface area contributed by atoms with E-state index in [1.807, 2.05) is 4.68 Å². The molecule has 1 saturated carbocycles. The number of rotatable bonds is 4. The first-order chi connectivity index (χ1) is 10.7. The van der Waals surface area contributed by atoms with Crippen molar-refractivity contribution in [3.05, 3.63) is 46.5 Å². The Kier molecular flexibility index (Phi) is 3.62. The molecule has 0 unspecified atom stereocenters. The zero-order valence-corrected chi connectivity index (χ0v) is 13.8. The predicted octanol–water partition coefficient (Wildman–Crippen LogP) is 3.85. The second-order valence-corrected chi connectivity index (χ2v) is 6.82. The number of benzene rings is 1. The van der Waals surface area contributed by atoms with Gasteiger partial charge in [-0.3, -0.25) is 4.90 Å². The zero-order chi connectivity index (χ0) is 15.1. The molecule has 4 rings (SSSR count). The van der Waals surface area contributed by atoms with Crippen molar-refractivity contribution in [3.8, 4) is 0 Å². The summed E-state index contributed by atoms with van der Waals surface area (Å²) in [6.07, 6.45) is 4.96. The summed E-state index contributed by atoms with van der Waals surface area (Å²) in [7, 11) is 0. The van der Waals surface area contributed by atoms with E-state index in [2.05, 4.69) is 46.7 Å². The van der Waals surface area contributed by atoms with Crippen molar-refractivity contribution < 1.29 is 0 Å².